The van der Waals surface area contributed by atoms with Crippen LogP contribution in [0.4, 0.5) is 5.69 Å². The van der Waals surface area contributed by atoms with Crippen molar-refractivity contribution in [3.63, 3.8) is 0 Å². The minimum absolute atomic E-state index is 0.0833. The summed E-state index contributed by atoms with van der Waals surface area (Å²) in [5, 5.41) is 11.2. The van der Waals surface area contributed by atoms with Gasteiger partial charge < -0.3 is 14.2 Å². The predicted octanol–water partition coefficient (Wildman–Crippen LogP) is 2.49. The number of nitro groups is 1. The molecule has 0 bridgehead atoms. The Labute approximate surface area is 127 Å². The Morgan fingerprint density at radius 3 is 2.64 bits per heavy atom. The van der Waals surface area contributed by atoms with Crippen LogP contribution >= 0.6 is 0 Å². The summed E-state index contributed by atoms with van der Waals surface area (Å²) in [4.78, 5) is 22.8. The molecule has 1 spiro atoms. The molecular formula is C15H17NO6. The van der Waals surface area contributed by atoms with Crippen molar-refractivity contribution in [3.8, 4) is 0 Å². The Morgan fingerprint density at radius 2 is 2.00 bits per heavy atom. The average molecular weight is 307 g/mol. The summed E-state index contributed by atoms with van der Waals surface area (Å²) in [6, 6.07) is 6.25. The number of para-hydroxylation sites is 1. The van der Waals surface area contributed by atoms with E-state index in [9.17, 15) is 14.9 Å². The van der Waals surface area contributed by atoms with Crippen LogP contribution in [0, 0.1) is 10.1 Å². The molecule has 7 heteroatoms. The molecule has 1 aliphatic heterocycles. The molecule has 118 valence electrons. The fraction of sp³-hybridized carbons (Fsp3) is 0.533. The largest absolute Gasteiger partial charge is 0.467 e. The highest BCUT2D eigenvalue weighted by Crippen LogP contribution is 2.48. The number of ether oxygens (including phenoxy) is 3. The van der Waals surface area contributed by atoms with Crippen LogP contribution < -0.4 is 0 Å². The molecule has 2 aliphatic rings. The molecule has 1 saturated carbocycles. The third-order valence-electron chi connectivity index (χ3n) is 4.20. The van der Waals surface area contributed by atoms with E-state index in [1.165, 1.54) is 13.2 Å². The SMILES string of the molecule is COC(=O)[C@@H]1OC2(CCCC2)O[C@H]1c1ccccc1[N+](=O)[O-]. The number of nitro benzene ring substituents is 1. The maximum absolute atomic E-state index is 12.0. The summed E-state index contributed by atoms with van der Waals surface area (Å²) in [7, 11) is 1.27. The van der Waals surface area contributed by atoms with Gasteiger partial charge in [-0.25, -0.2) is 4.79 Å². The number of methoxy groups -OCH3 is 1. The number of hydrogen-bond acceptors (Lipinski definition) is 6. The van der Waals surface area contributed by atoms with Crippen molar-refractivity contribution in [2.45, 2.75) is 43.7 Å². The van der Waals surface area contributed by atoms with E-state index in [1.807, 2.05) is 0 Å². The molecule has 1 heterocycles. The summed E-state index contributed by atoms with van der Waals surface area (Å²) >= 11 is 0. The highest BCUT2D eigenvalue weighted by atomic mass is 16.8. The van der Waals surface area contributed by atoms with E-state index in [0.29, 0.717) is 18.4 Å². The van der Waals surface area contributed by atoms with Crippen LogP contribution in [0.2, 0.25) is 0 Å². The Kier molecular flexibility index (Phi) is 3.84. The van der Waals surface area contributed by atoms with Crippen LogP contribution in [0.1, 0.15) is 37.4 Å². The van der Waals surface area contributed by atoms with Crippen molar-refractivity contribution in [1.82, 2.24) is 0 Å². The van der Waals surface area contributed by atoms with Gasteiger partial charge in [-0.15, -0.1) is 0 Å². The second kappa shape index (κ2) is 5.66. The van der Waals surface area contributed by atoms with Crippen LogP contribution in [-0.4, -0.2) is 29.9 Å². The van der Waals surface area contributed by atoms with Crippen molar-refractivity contribution in [2.24, 2.45) is 0 Å². The third-order valence-corrected chi connectivity index (χ3v) is 4.20. The van der Waals surface area contributed by atoms with Crippen molar-refractivity contribution < 1.29 is 23.9 Å². The fourth-order valence-corrected chi connectivity index (χ4v) is 3.17. The topological polar surface area (TPSA) is 87.9 Å². The molecule has 22 heavy (non-hydrogen) atoms. The quantitative estimate of drug-likeness (QED) is 0.484. The van der Waals surface area contributed by atoms with Crippen molar-refractivity contribution in [2.75, 3.05) is 7.11 Å². The van der Waals surface area contributed by atoms with E-state index in [2.05, 4.69) is 0 Å². The molecule has 1 saturated heterocycles. The number of hydrogen-bond donors (Lipinski definition) is 0. The minimum atomic E-state index is -0.982. The summed E-state index contributed by atoms with van der Waals surface area (Å²) in [6.45, 7) is 0. The van der Waals surface area contributed by atoms with Gasteiger partial charge in [-0.05, 0) is 18.9 Å². The van der Waals surface area contributed by atoms with Gasteiger partial charge >= 0.3 is 5.97 Å². The lowest BCUT2D eigenvalue weighted by atomic mass is 10.0. The van der Waals surface area contributed by atoms with Gasteiger partial charge in [-0.1, -0.05) is 12.1 Å². The predicted molar refractivity (Wildman–Crippen MR) is 75.0 cm³/mol. The first-order chi connectivity index (χ1) is 10.6. The van der Waals surface area contributed by atoms with Crippen LogP contribution in [0.15, 0.2) is 24.3 Å². The normalized spacial score (nSPS) is 26.2. The molecule has 0 aromatic heterocycles. The van der Waals surface area contributed by atoms with Gasteiger partial charge in [0.1, 0.15) is 6.10 Å². The lowest BCUT2D eigenvalue weighted by Crippen LogP contribution is -2.30. The zero-order valence-corrected chi connectivity index (χ0v) is 12.2. The molecule has 0 unspecified atom stereocenters. The maximum Gasteiger partial charge on any atom is 0.338 e. The smallest absolute Gasteiger partial charge is 0.338 e. The monoisotopic (exact) mass is 307 g/mol. The number of carbonyl (C=O) groups is 1. The van der Waals surface area contributed by atoms with Gasteiger partial charge in [0.15, 0.2) is 11.9 Å². The van der Waals surface area contributed by atoms with Crippen LogP contribution in [0.5, 0.6) is 0 Å². The van der Waals surface area contributed by atoms with E-state index in [4.69, 9.17) is 14.2 Å². The molecule has 0 radical (unpaired) electrons. The van der Waals surface area contributed by atoms with Gasteiger partial charge in [-0.3, -0.25) is 10.1 Å². The third kappa shape index (κ3) is 2.46. The zero-order chi connectivity index (χ0) is 15.7. The Hall–Kier alpha value is -1.99. The molecule has 2 fully saturated rings. The van der Waals surface area contributed by atoms with Crippen LogP contribution in [0.3, 0.4) is 0 Å². The highest BCUT2D eigenvalue weighted by molar-refractivity contribution is 5.76. The van der Waals surface area contributed by atoms with Crippen molar-refractivity contribution in [1.29, 1.82) is 0 Å². The number of esters is 1. The molecule has 1 aromatic rings. The van der Waals surface area contributed by atoms with E-state index in [0.717, 1.165) is 12.8 Å². The Balaban J connectivity index is 1.99. The van der Waals surface area contributed by atoms with Crippen LogP contribution in [0.25, 0.3) is 0 Å². The lowest BCUT2D eigenvalue weighted by Gasteiger charge is -2.21. The molecule has 1 aromatic carbocycles. The molecule has 0 N–H and O–H groups in total. The summed E-state index contributed by atoms with van der Waals surface area (Å²) in [5.41, 5.74) is 0.256. The maximum atomic E-state index is 12.0. The molecule has 0 amide bonds. The lowest BCUT2D eigenvalue weighted by molar-refractivity contribution is -0.386. The van der Waals surface area contributed by atoms with Gasteiger partial charge in [-0.2, -0.15) is 0 Å². The molecular weight excluding hydrogens is 290 g/mol. The van der Waals surface area contributed by atoms with Gasteiger partial charge in [0, 0.05) is 18.9 Å². The molecule has 2 atom stereocenters. The number of benzene rings is 1. The zero-order valence-electron chi connectivity index (χ0n) is 12.2. The standard InChI is InChI=1S/C15H17NO6/c1-20-14(17)13-12(21-15(22-13)8-4-5-9-15)10-6-2-3-7-11(10)16(18)19/h2-3,6-7,12-13H,4-5,8-9H2,1H3/t12-,13+/m0/s1. The number of rotatable bonds is 3. The van der Waals surface area contributed by atoms with E-state index >= 15 is 0 Å². The molecule has 1 aliphatic carbocycles. The minimum Gasteiger partial charge on any atom is -0.467 e. The van der Waals surface area contributed by atoms with Gasteiger partial charge in [0.2, 0.25) is 0 Å². The summed E-state index contributed by atoms with van der Waals surface area (Å²) < 4.78 is 16.6. The van der Waals surface area contributed by atoms with Crippen molar-refractivity contribution >= 4 is 11.7 Å². The summed E-state index contributed by atoms with van der Waals surface area (Å²) in [6.07, 6.45) is 1.43. The van der Waals surface area contributed by atoms with Gasteiger partial charge in [0.05, 0.1) is 17.6 Å². The molecule has 3 rings (SSSR count). The first-order valence-corrected chi connectivity index (χ1v) is 7.23. The molecule has 7 nitrogen and oxygen atoms in total. The fourth-order valence-electron chi connectivity index (χ4n) is 3.17. The van der Waals surface area contributed by atoms with E-state index < -0.39 is 28.9 Å². The second-order valence-electron chi connectivity index (χ2n) is 5.53. The summed E-state index contributed by atoms with van der Waals surface area (Å²) in [5.74, 6) is -1.40. The van der Waals surface area contributed by atoms with Gasteiger partial charge in [0.25, 0.3) is 5.69 Å². The van der Waals surface area contributed by atoms with E-state index in [1.54, 1.807) is 18.2 Å². The first-order valence-electron chi connectivity index (χ1n) is 7.23. The van der Waals surface area contributed by atoms with E-state index in [-0.39, 0.29) is 5.69 Å². The highest BCUT2D eigenvalue weighted by Gasteiger charge is 2.53. The van der Waals surface area contributed by atoms with Crippen LogP contribution in [-0.2, 0) is 19.0 Å². The second-order valence-corrected chi connectivity index (χ2v) is 5.53. The Bertz CT molecular complexity index is 595. The number of carbonyl (C=O) groups excluding carboxylic acids is 1. The Morgan fingerprint density at radius 1 is 1.32 bits per heavy atom. The average Bonchev–Trinajstić information content (AvgIpc) is 3.14. The number of nitrogens with zero attached hydrogens (tertiary/aromatic N) is 1. The first kappa shape index (κ1) is 14.9. The van der Waals surface area contributed by atoms with Crippen molar-refractivity contribution in [3.05, 3.63) is 39.9 Å².